The van der Waals surface area contributed by atoms with Gasteiger partial charge >= 0.3 is 0 Å². The lowest BCUT2D eigenvalue weighted by atomic mass is 9.88. The molecule has 1 fully saturated rings. The van der Waals surface area contributed by atoms with Gasteiger partial charge in [0.05, 0.1) is 25.0 Å². The fraction of sp³-hybridized carbons (Fsp3) is 0.750. The first-order chi connectivity index (χ1) is 8.20. The molecule has 1 heterocycles. The number of amides is 1. The molecule has 0 aliphatic carbocycles. The summed E-state index contributed by atoms with van der Waals surface area (Å²) < 4.78 is 0. The minimum atomic E-state index is -0.0198. The second-order valence-corrected chi connectivity index (χ2v) is 4.35. The van der Waals surface area contributed by atoms with Crippen molar-refractivity contribution in [2.75, 3.05) is 26.2 Å². The van der Waals surface area contributed by atoms with Gasteiger partial charge in [0.1, 0.15) is 0 Å². The third kappa shape index (κ3) is 3.72. The standard InChI is InChI=1S/C12H18N4O/c1-10(11-8-15-9-11)12(17)16(6-2-4-13)7-3-5-14/h10-11,15H,2-3,6-9H2,1H3. The molecule has 0 aromatic carbocycles. The van der Waals surface area contributed by atoms with Crippen molar-refractivity contribution in [3.05, 3.63) is 0 Å². The average molecular weight is 234 g/mol. The van der Waals surface area contributed by atoms with Gasteiger partial charge in [0.25, 0.3) is 0 Å². The minimum absolute atomic E-state index is 0.0198. The van der Waals surface area contributed by atoms with Crippen LogP contribution in [-0.2, 0) is 4.79 Å². The molecule has 0 spiro atoms. The van der Waals surface area contributed by atoms with E-state index in [0.29, 0.717) is 31.8 Å². The van der Waals surface area contributed by atoms with Gasteiger partial charge < -0.3 is 10.2 Å². The van der Waals surface area contributed by atoms with Crippen molar-refractivity contribution in [2.45, 2.75) is 19.8 Å². The summed E-state index contributed by atoms with van der Waals surface area (Å²) in [5.41, 5.74) is 0. The number of hydrogen-bond acceptors (Lipinski definition) is 4. The van der Waals surface area contributed by atoms with Gasteiger partial charge in [0.2, 0.25) is 5.91 Å². The quantitative estimate of drug-likeness (QED) is 0.725. The van der Waals surface area contributed by atoms with E-state index >= 15 is 0 Å². The highest BCUT2D eigenvalue weighted by atomic mass is 16.2. The Hall–Kier alpha value is -1.59. The Morgan fingerprint density at radius 3 is 2.24 bits per heavy atom. The van der Waals surface area contributed by atoms with E-state index in [4.69, 9.17) is 10.5 Å². The topological polar surface area (TPSA) is 79.9 Å². The first kappa shape index (κ1) is 13.5. The van der Waals surface area contributed by atoms with E-state index in [1.54, 1.807) is 4.90 Å². The number of nitriles is 2. The summed E-state index contributed by atoms with van der Waals surface area (Å²) in [6.45, 7) is 4.57. The Bertz CT molecular complexity index is 319. The molecule has 1 amide bonds. The van der Waals surface area contributed by atoms with E-state index in [-0.39, 0.29) is 11.8 Å². The molecule has 0 bridgehead atoms. The van der Waals surface area contributed by atoms with Gasteiger partial charge in [-0.3, -0.25) is 4.79 Å². The molecule has 1 saturated heterocycles. The van der Waals surface area contributed by atoms with Crippen molar-refractivity contribution >= 4 is 5.91 Å². The molecule has 1 rings (SSSR count). The van der Waals surface area contributed by atoms with Crippen LogP contribution in [0, 0.1) is 34.5 Å². The summed E-state index contributed by atoms with van der Waals surface area (Å²) in [5.74, 6) is 0.449. The average Bonchev–Trinajstić information content (AvgIpc) is 2.26. The van der Waals surface area contributed by atoms with E-state index in [2.05, 4.69) is 5.32 Å². The molecule has 17 heavy (non-hydrogen) atoms. The molecule has 5 nitrogen and oxygen atoms in total. The SMILES string of the molecule is CC(C(=O)N(CCC#N)CCC#N)C1CNC1. The Morgan fingerprint density at radius 1 is 1.35 bits per heavy atom. The number of rotatable bonds is 6. The molecule has 0 aromatic heterocycles. The lowest BCUT2D eigenvalue weighted by Gasteiger charge is -2.34. The number of carbonyl (C=O) groups is 1. The van der Waals surface area contributed by atoms with E-state index < -0.39 is 0 Å². The van der Waals surface area contributed by atoms with Crippen LogP contribution < -0.4 is 5.32 Å². The van der Waals surface area contributed by atoms with Gasteiger partial charge in [-0.25, -0.2) is 0 Å². The Morgan fingerprint density at radius 2 is 1.88 bits per heavy atom. The van der Waals surface area contributed by atoms with Crippen LogP contribution in [0.15, 0.2) is 0 Å². The van der Waals surface area contributed by atoms with Crippen LogP contribution in [-0.4, -0.2) is 37.0 Å². The van der Waals surface area contributed by atoms with Crippen molar-refractivity contribution in [2.24, 2.45) is 11.8 Å². The summed E-state index contributed by atoms with van der Waals surface area (Å²) in [7, 11) is 0. The van der Waals surface area contributed by atoms with E-state index in [9.17, 15) is 4.79 Å². The highest BCUT2D eigenvalue weighted by Gasteiger charge is 2.31. The number of carbonyl (C=O) groups excluding carboxylic acids is 1. The third-order valence-electron chi connectivity index (χ3n) is 3.21. The van der Waals surface area contributed by atoms with Crippen LogP contribution in [0.3, 0.4) is 0 Å². The molecule has 0 radical (unpaired) electrons. The highest BCUT2D eigenvalue weighted by Crippen LogP contribution is 2.18. The van der Waals surface area contributed by atoms with Gasteiger partial charge in [0, 0.05) is 19.0 Å². The lowest BCUT2D eigenvalue weighted by Crippen LogP contribution is -2.50. The van der Waals surface area contributed by atoms with Crippen LogP contribution in [0.5, 0.6) is 0 Å². The molecule has 0 saturated carbocycles. The number of hydrogen-bond donors (Lipinski definition) is 1. The summed E-state index contributed by atoms with van der Waals surface area (Å²) >= 11 is 0. The predicted octanol–water partition coefficient (Wildman–Crippen LogP) is 0.498. The molecule has 1 aliphatic heterocycles. The largest absolute Gasteiger partial charge is 0.340 e. The maximum Gasteiger partial charge on any atom is 0.225 e. The number of nitrogens with zero attached hydrogens (tertiary/aromatic N) is 3. The monoisotopic (exact) mass is 234 g/mol. The molecule has 92 valence electrons. The molecule has 1 N–H and O–H groups in total. The lowest BCUT2D eigenvalue weighted by molar-refractivity contribution is -0.137. The molecule has 1 unspecified atom stereocenters. The van der Waals surface area contributed by atoms with Gasteiger partial charge in [0.15, 0.2) is 0 Å². The van der Waals surface area contributed by atoms with Crippen LogP contribution in [0.1, 0.15) is 19.8 Å². The normalized spacial score (nSPS) is 16.4. The Kier molecular flexibility index (Phi) is 5.45. The van der Waals surface area contributed by atoms with Gasteiger partial charge in [-0.05, 0) is 19.0 Å². The summed E-state index contributed by atoms with van der Waals surface area (Å²) in [6, 6.07) is 4.07. The molecular weight excluding hydrogens is 216 g/mol. The number of nitrogens with one attached hydrogen (secondary N) is 1. The van der Waals surface area contributed by atoms with Crippen molar-refractivity contribution in [3.63, 3.8) is 0 Å². The summed E-state index contributed by atoms with van der Waals surface area (Å²) in [4.78, 5) is 13.8. The zero-order valence-electron chi connectivity index (χ0n) is 10.1. The van der Waals surface area contributed by atoms with E-state index in [0.717, 1.165) is 13.1 Å². The molecule has 1 aliphatic rings. The van der Waals surface area contributed by atoms with E-state index in [1.165, 1.54) is 0 Å². The third-order valence-corrected chi connectivity index (χ3v) is 3.21. The predicted molar refractivity (Wildman–Crippen MR) is 62.6 cm³/mol. The fourth-order valence-corrected chi connectivity index (χ4v) is 1.86. The zero-order chi connectivity index (χ0) is 12.7. The molecular formula is C12H18N4O. The second-order valence-electron chi connectivity index (χ2n) is 4.35. The minimum Gasteiger partial charge on any atom is -0.340 e. The fourth-order valence-electron chi connectivity index (χ4n) is 1.86. The second kappa shape index (κ2) is 6.88. The zero-order valence-corrected chi connectivity index (χ0v) is 10.1. The first-order valence-corrected chi connectivity index (χ1v) is 5.94. The van der Waals surface area contributed by atoms with Crippen LogP contribution in [0.25, 0.3) is 0 Å². The van der Waals surface area contributed by atoms with Crippen LogP contribution in [0.2, 0.25) is 0 Å². The maximum absolute atomic E-state index is 12.2. The van der Waals surface area contributed by atoms with Crippen molar-refractivity contribution in [3.8, 4) is 12.1 Å². The Balaban J connectivity index is 2.51. The van der Waals surface area contributed by atoms with Gasteiger partial charge in [-0.2, -0.15) is 10.5 Å². The molecule has 5 heteroatoms. The van der Waals surface area contributed by atoms with Crippen LogP contribution >= 0.6 is 0 Å². The first-order valence-electron chi connectivity index (χ1n) is 5.94. The highest BCUT2D eigenvalue weighted by molar-refractivity contribution is 5.79. The molecule has 0 aromatic rings. The van der Waals surface area contributed by atoms with Crippen LogP contribution in [0.4, 0.5) is 0 Å². The van der Waals surface area contributed by atoms with Crippen molar-refractivity contribution in [1.29, 1.82) is 10.5 Å². The summed E-state index contributed by atoms with van der Waals surface area (Å²) in [6.07, 6.45) is 0.652. The van der Waals surface area contributed by atoms with Gasteiger partial charge in [-0.15, -0.1) is 0 Å². The smallest absolute Gasteiger partial charge is 0.225 e. The van der Waals surface area contributed by atoms with Crippen molar-refractivity contribution < 1.29 is 4.79 Å². The summed E-state index contributed by atoms with van der Waals surface area (Å²) in [5, 5.41) is 20.3. The van der Waals surface area contributed by atoms with Gasteiger partial charge in [-0.1, -0.05) is 6.92 Å². The van der Waals surface area contributed by atoms with E-state index in [1.807, 2.05) is 19.1 Å². The van der Waals surface area contributed by atoms with Crippen molar-refractivity contribution in [1.82, 2.24) is 10.2 Å². The maximum atomic E-state index is 12.2. The Labute approximate surface area is 102 Å². The molecule has 1 atom stereocenters.